The van der Waals surface area contributed by atoms with Crippen LogP contribution in [0.2, 0.25) is 0 Å². The van der Waals surface area contributed by atoms with Crippen LogP contribution in [0.15, 0.2) is 24.3 Å². The lowest BCUT2D eigenvalue weighted by Gasteiger charge is -2.19. The van der Waals surface area contributed by atoms with E-state index in [0.29, 0.717) is 18.5 Å². The van der Waals surface area contributed by atoms with Crippen LogP contribution in [0.5, 0.6) is 0 Å². The van der Waals surface area contributed by atoms with E-state index in [4.69, 9.17) is 5.26 Å². The molecule has 1 aromatic rings. The molecule has 1 aliphatic heterocycles. The monoisotopic (exact) mass is 383 g/mol. The number of amides is 2. The molecule has 1 heterocycles. The second-order valence-corrected chi connectivity index (χ2v) is 5.70. The number of rotatable bonds is 3. The van der Waals surface area contributed by atoms with Crippen LogP contribution >= 0.6 is 22.6 Å². The number of nitrogens with zero attached hydrogens (tertiary/aromatic N) is 2. The standard InChI is InChI=1S/C14H14IN3O2/c15-12-6-2-1-5-11(12)14(20)17-9-13(19)18-7-3-4-10(18)8-16/h1-2,5-6,10H,3-4,7,9H2,(H,17,20)/t10-/m0/s1. The van der Waals surface area contributed by atoms with Gasteiger partial charge in [0.15, 0.2) is 0 Å². The van der Waals surface area contributed by atoms with Gasteiger partial charge in [-0.1, -0.05) is 12.1 Å². The van der Waals surface area contributed by atoms with Gasteiger partial charge in [0.2, 0.25) is 5.91 Å². The lowest BCUT2D eigenvalue weighted by Crippen LogP contribution is -2.42. The van der Waals surface area contributed by atoms with Crippen LogP contribution in [-0.2, 0) is 4.79 Å². The van der Waals surface area contributed by atoms with Crippen LogP contribution in [0.1, 0.15) is 23.2 Å². The minimum absolute atomic E-state index is 0.0675. The second kappa shape index (κ2) is 6.70. The number of nitriles is 1. The van der Waals surface area contributed by atoms with Crippen molar-refractivity contribution >= 4 is 34.4 Å². The molecule has 0 bridgehead atoms. The fourth-order valence-corrected chi connectivity index (χ4v) is 2.83. The van der Waals surface area contributed by atoms with Crippen LogP contribution in [0.25, 0.3) is 0 Å². The van der Waals surface area contributed by atoms with Gasteiger partial charge in [0, 0.05) is 10.1 Å². The zero-order valence-corrected chi connectivity index (χ0v) is 13.0. The molecule has 20 heavy (non-hydrogen) atoms. The smallest absolute Gasteiger partial charge is 0.252 e. The maximum atomic E-state index is 12.0. The van der Waals surface area contributed by atoms with Gasteiger partial charge in [-0.25, -0.2) is 0 Å². The summed E-state index contributed by atoms with van der Waals surface area (Å²) in [4.78, 5) is 25.5. The van der Waals surface area contributed by atoms with Crippen molar-refractivity contribution in [1.82, 2.24) is 10.2 Å². The molecule has 0 saturated carbocycles. The number of carbonyl (C=O) groups excluding carboxylic acids is 2. The summed E-state index contributed by atoms with van der Waals surface area (Å²) >= 11 is 2.08. The third-order valence-corrected chi connectivity index (χ3v) is 4.18. The quantitative estimate of drug-likeness (QED) is 0.805. The summed E-state index contributed by atoms with van der Waals surface area (Å²) in [6, 6.07) is 8.95. The Morgan fingerprint density at radius 3 is 2.90 bits per heavy atom. The molecule has 5 nitrogen and oxygen atoms in total. The molecule has 1 aliphatic rings. The Balaban J connectivity index is 1.93. The molecule has 104 valence electrons. The Morgan fingerprint density at radius 1 is 1.45 bits per heavy atom. The highest BCUT2D eigenvalue weighted by Crippen LogP contribution is 2.16. The summed E-state index contributed by atoms with van der Waals surface area (Å²) < 4.78 is 0.839. The van der Waals surface area contributed by atoms with Gasteiger partial charge in [-0.2, -0.15) is 5.26 Å². The van der Waals surface area contributed by atoms with Crippen molar-refractivity contribution in [2.45, 2.75) is 18.9 Å². The van der Waals surface area contributed by atoms with E-state index in [1.165, 1.54) is 4.90 Å². The topological polar surface area (TPSA) is 73.2 Å². The minimum atomic E-state index is -0.351. The molecular formula is C14H14IN3O2. The largest absolute Gasteiger partial charge is 0.343 e. The maximum Gasteiger partial charge on any atom is 0.252 e. The summed E-state index contributed by atoms with van der Waals surface area (Å²) in [7, 11) is 0. The molecule has 1 fully saturated rings. The molecule has 1 saturated heterocycles. The fraction of sp³-hybridized carbons (Fsp3) is 0.357. The molecule has 1 N–H and O–H groups in total. The summed E-state index contributed by atoms with van der Waals surface area (Å²) in [5, 5.41) is 11.6. The van der Waals surface area contributed by atoms with Crippen LogP contribution in [0.4, 0.5) is 0 Å². The Kier molecular flexibility index (Phi) is 4.95. The molecule has 0 spiro atoms. The van der Waals surface area contributed by atoms with Gasteiger partial charge < -0.3 is 10.2 Å². The van der Waals surface area contributed by atoms with E-state index in [-0.39, 0.29) is 24.4 Å². The number of hydrogen-bond acceptors (Lipinski definition) is 3. The van der Waals surface area contributed by atoms with Gasteiger partial charge in [0.1, 0.15) is 6.04 Å². The first-order valence-corrected chi connectivity index (χ1v) is 7.43. The van der Waals surface area contributed by atoms with E-state index in [1.54, 1.807) is 12.1 Å². The zero-order chi connectivity index (χ0) is 14.5. The van der Waals surface area contributed by atoms with E-state index < -0.39 is 0 Å². The number of nitrogens with one attached hydrogen (secondary N) is 1. The summed E-state index contributed by atoms with van der Waals surface area (Å²) in [6.45, 7) is 0.526. The minimum Gasteiger partial charge on any atom is -0.343 e. The first kappa shape index (κ1) is 14.8. The van der Waals surface area contributed by atoms with Crippen LogP contribution in [-0.4, -0.2) is 35.8 Å². The first-order chi connectivity index (χ1) is 9.63. The van der Waals surface area contributed by atoms with E-state index in [9.17, 15) is 9.59 Å². The van der Waals surface area contributed by atoms with Crippen LogP contribution in [0, 0.1) is 14.9 Å². The summed E-state index contributed by atoms with van der Waals surface area (Å²) in [5.74, 6) is -0.468. The van der Waals surface area contributed by atoms with E-state index >= 15 is 0 Å². The predicted octanol–water partition coefficient (Wildman–Crippen LogP) is 1.54. The molecule has 6 heteroatoms. The highest BCUT2D eigenvalue weighted by molar-refractivity contribution is 14.1. The molecule has 2 rings (SSSR count). The van der Waals surface area contributed by atoms with E-state index in [1.807, 2.05) is 12.1 Å². The van der Waals surface area contributed by atoms with Gasteiger partial charge in [-0.15, -0.1) is 0 Å². The van der Waals surface area contributed by atoms with Crippen molar-refractivity contribution in [3.8, 4) is 6.07 Å². The van der Waals surface area contributed by atoms with E-state index in [0.717, 1.165) is 9.99 Å². The van der Waals surface area contributed by atoms with Gasteiger partial charge in [-0.3, -0.25) is 9.59 Å². The zero-order valence-electron chi connectivity index (χ0n) is 10.8. The Hall–Kier alpha value is -1.62. The van der Waals surface area contributed by atoms with Crippen molar-refractivity contribution in [3.05, 3.63) is 33.4 Å². The van der Waals surface area contributed by atoms with E-state index in [2.05, 4.69) is 34.0 Å². The molecule has 2 amide bonds. The van der Waals surface area contributed by atoms with Crippen LogP contribution < -0.4 is 5.32 Å². The Morgan fingerprint density at radius 2 is 2.20 bits per heavy atom. The fourth-order valence-electron chi connectivity index (χ4n) is 2.20. The molecule has 0 unspecified atom stereocenters. The molecule has 0 aromatic heterocycles. The lowest BCUT2D eigenvalue weighted by molar-refractivity contribution is -0.130. The Bertz CT molecular complexity index is 568. The highest BCUT2D eigenvalue weighted by Gasteiger charge is 2.28. The summed E-state index contributed by atoms with van der Waals surface area (Å²) in [5.41, 5.74) is 0.555. The molecule has 1 aromatic carbocycles. The van der Waals surface area contributed by atoms with Gasteiger partial charge in [0.25, 0.3) is 5.91 Å². The lowest BCUT2D eigenvalue weighted by atomic mass is 10.2. The first-order valence-electron chi connectivity index (χ1n) is 6.35. The van der Waals surface area contributed by atoms with Gasteiger partial charge in [0.05, 0.1) is 18.2 Å². The molecule has 0 radical (unpaired) electrons. The van der Waals surface area contributed by atoms with Crippen molar-refractivity contribution in [2.24, 2.45) is 0 Å². The molecular weight excluding hydrogens is 369 g/mol. The second-order valence-electron chi connectivity index (χ2n) is 4.54. The average molecular weight is 383 g/mol. The molecule has 1 atom stereocenters. The number of halogens is 1. The SMILES string of the molecule is N#C[C@@H]1CCCN1C(=O)CNC(=O)c1ccccc1I. The number of carbonyl (C=O) groups is 2. The van der Waals surface area contributed by atoms with Crippen LogP contribution in [0.3, 0.4) is 0 Å². The van der Waals surface area contributed by atoms with Crippen molar-refractivity contribution < 1.29 is 9.59 Å². The van der Waals surface area contributed by atoms with Crippen molar-refractivity contribution in [3.63, 3.8) is 0 Å². The highest BCUT2D eigenvalue weighted by atomic mass is 127. The third-order valence-electron chi connectivity index (χ3n) is 3.24. The van der Waals surface area contributed by atoms with Crippen molar-refractivity contribution in [1.29, 1.82) is 5.26 Å². The number of likely N-dealkylation sites (tertiary alicyclic amines) is 1. The number of benzene rings is 1. The average Bonchev–Trinajstić information content (AvgIpc) is 2.93. The Labute approximate surface area is 131 Å². The third kappa shape index (κ3) is 3.28. The van der Waals surface area contributed by atoms with Gasteiger partial charge in [-0.05, 0) is 47.6 Å². The molecule has 0 aliphatic carbocycles. The van der Waals surface area contributed by atoms with Gasteiger partial charge >= 0.3 is 0 Å². The maximum absolute atomic E-state index is 12.0. The normalized spacial score (nSPS) is 17.6. The summed E-state index contributed by atoms with van der Waals surface area (Å²) in [6.07, 6.45) is 1.56. The predicted molar refractivity (Wildman–Crippen MR) is 81.8 cm³/mol. The van der Waals surface area contributed by atoms with Crippen molar-refractivity contribution in [2.75, 3.05) is 13.1 Å². The number of hydrogen-bond donors (Lipinski definition) is 1.